The van der Waals surface area contributed by atoms with Crippen LogP contribution in [0.5, 0.6) is 0 Å². The second-order valence-corrected chi connectivity index (χ2v) is 3.37. The lowest BCUT2D eigenvalue weighted by Gasteiger charge is -2.23. The van der Waals surface area contributed by atoms with E-state index in [9.17, 15) is 9.59 Å². The minimum atomic E-state index is -0.510. The fourth-order valence-corrected chi connectivity index (χ4v) is 1.31. The van der Waals surface area contributed by atoms with Gasteiger partial charge in [0.25, 0.3) is 0 Å². The number of piperidine rings is 1. The zero-order valence-electron chi connectivity index (χ0n) is 8.50. The molecular formula is C9H16N2O3. The van der Waals surface area contributed by atoms with E-state index in [4.69, 9.17) is 4.74 Å². The number of carbonyl (C=O) groups excluding carboxylic acids is 2. The molecule has 0 aliphatic carbocycles. The molecule has 1 rings (SSSR count). The van der Waals surface area contributed by atoms with Crippen molar-refractivity contribution in [3.63, 3.8) is 0 Å². The van der Waals surface area contributed by atoms with Crippen molar-refractivity contribution in [1.29, 1.82) is 0 Å². The molecule has 0 aromatic heterocycles. The number of hydrogen-bond acceptors (Lipinski definition) is 3. The summed E-state index contributed by atoms with van der Waals surface area (Å²) < 4.78 is 4.84. The average molecular weight is 200 g/mol. The lowest BCUT2D eigenvalue weighted by molar-refractivity contribution is -0.135. The highest BCUT2D eigenvalue weighted by Crippen LogP contribution is 2.03. The first-order chi connectivity index (χ1) is 6.65. The SMILES string of the molecule is COC(C)C(=O)NC1CCCNC1=O. The van der Waals surface area contributed by atoms with Gasteiger partial charge in [0.1, 0.15) is 12.1 Å². The van der Waals surface area contributed by atoms with Crippen LogP contribution in [-0.2, 0) is 14.3 Å². The Morgan fingerprint density at radius 2 is 2.43 bits per heavy atom. The summed E-state index contributed by atoms with van der Waals surface area (Å²) >= 11 is 0. The molecule has 0 spiro atoms. The van der Waals surface area contributed by atoms with Crippen molar-refractivity contribution < 1.29 is 14.3 Å². The lowest BCUT2D eigenvalue weighted by Crippen LogP contribution is -2.52. The third kappa shape index (κ3) is 2.70. The highest BCUT2D eigenvalue weighted by Gasteiger charge is 2.25. The van der Waals surface area contributed by atoms with Gasteiger partial charge in [-0.05, 0) is 19.8 Å². The molecule has 1 aliphatic heterocycles. The van der Waals surface area contributed by atoms with Gasteiger partial charge >= 0.3 is 0 Å². The molecule has 2 unspecified atom stereocenters. The molecule has 5 nitrogen and oxygen atoms in total. The predicted molar refractivity (Wildman–Crippen MR) is 50.6 cm³/mol. The van der Waals surface area contributed by atoms with Crippen molar-refractivity contribution >= 4 is 11.8 Å². The monoisotopic (exact) mass is 200 g/mol. The second-order valence-electron chi connectivity index (χ2n) is 3.37. The minimum Gasteiger partial charge on any atom is -0.372 e. The number of amides is 2. The van der Waals surface area contributed by atoms with Gasteiger partial charge in [-0.2, -0.15) is 0 Å². The van der Waals surface area contributed by atoms with Crippen LogP contribution in [-0.4, -0.2) is 37.6 Å². The second kappa shape index (κ2) is 4.95. The molecule has 0 aromatic carbocycles. The van der Waals surface area contributed by atoms with Crippen molar-refractivity contribution in [2.24, 2.45) is 0 Å². The fraction of sp³-hybridized carbons (Fsp3) is 0.778. The van der Waals surface area contributed by atoms with E-state index in [1.807, 2.05) is 0 Å². The van der Waals surface area contributed by atoms with Crippen LogP contribution in [0.2, 0.25) is 0 Å². The highest BCUT2D eigenvalue weighted by atomic mass is 16.5. The first-order valence-electron chi connectivity index (χ1n) is 4.76. The topological polar surface area (TPSA) is 67.4 Å². The van der Waals surface area contributed by atoms with Gasteiger partial charge in [-0.15, -0.1) is 0 Å². The van der Waals surface area contributed by atoms with Gasteiger partial charge in [0.15, 0.2) is 0 Å². The third-order valence-corrected chi connectivity index (χ3v) is 2.32. The van der Waals surface area contributed by atoms with Gasteiger partial charge in [0.05, 0.1) is 0 Å². The van der Waals surface area contributed by atoms with Crippen molar-refractivity contribution in [2.75, 3.05) is 13.7 Å². The summed E-state index contributed by atoms with van der Waals surface area (Å²) in [7, 11) is 1.46. The maximum Gasteiger partial charge on any atom is 0.249 e. The molecule has 0 saturated carbocycles. The number of ether oxygens (including phenoxy) is 1. The fourth-order valence-electron chi connectivity index (χ4n) is 1.31. The average Bonchev–Trinajstić information content (AvgIpc) is 2.20. The van der Waals surface area contributed by atoms with Crippen LogP contribution >= 0.6 is 0 Å². The van der Waals surface area contributed by atoms with Crippen molar-refractivity contribution in [3.8, 4) is 0 Å². The Kier molecular flexibility index (Phi) is 3.88. The Morgan fingerprint density at radius 1 is 1.71 bits per heavy atom. The van der Waals surface area contributed by atoms with Crippen LogP contribution in [0.15, 0.2) is 0 Å². The lowest BCUT2D eigenvalue weighted by atomic mass is 10.1. The van der Waals surface area contributed by atoms with Crippen LogP contribution in [0.4, 0.5) is 0 Å². The van der Waals surface area contributed by atoms with E-state index in [2.05, 4.69) is 10.6 Å². The Hall–Kier alpha value is -1.10. The predicted octanol–water partition coefficient (Wildman–Crippen LogP) is -0.584. The quantitative estimate of drug-likeness (QED) is 0.640. The summed E-state index contributed by atoms with van der Waals surface area (Å²) in [6.45, 7) is 2.35. The van der Waals surface area contributed by atoms with Gasteiger partial charge in [-0.3, -0.25) is 9.59 Å². The molecule has 1 fully saturated rings. The van der Waals surface area contributed by atoms with Crippen LogP contribution in [0.3, 0.4) is 0 Å². The maximum atomic E-state index is 11.4. The smallest absolute Gasteiger partial charge is 0.249 e. The van der Waals surface area contributed by atoms with E-state index in [1.165, 1.54) is 7.11 Å². The summed E-state index contributed by atoms with van der Waals surface area (Å²) in [6, 6.07) is -0.395. The van der Waals surface area contributed by atoms with E-state index in [0.717, 1.165) is 6.42 Å². The molecule has 14 heavy (non-hydrogen) atoms. The van der Waals surface area contributed by atoms with E-state index in [1.54, 1.807) is 6.92 Å². The van der Waals surface area contributed by atoms with Gasteiger partial charge in [-0.25, -0.2) is 0 Å². The summed E-state index contributed by atoms with van der Waals surface area (Å²) in [5.74, 6) is -0.345. The molecule has 0 aromatic rings. The number of nitrogens with one attached hydrogen (secondary N) is 2. The summed E-state index contributed by atoms with van der Waals surface area (Å²) in [6.07, 6.45) is 1.09. The zero-order chi connectivity index (χ0) is 10.6. The Balaban J connectivity index is 2.42. The number of methoxy groups -OCH3 is 1. The van der Waals surface area contributed by atoms with Crippen molar-refractivity contribution in [2.45, 2.75) is 31.9 Å². The van der Waals surface area contributed by atoms with Crippen molar-refractivity contribution in [1.82, 2.24) is 10.6 Å². The molecule has 0 bridgehead atoms. The van der Waals surface area contributed by atoms with Gasteiger partial charge < -0.3 is 15.4 Å². The Morgan fingerprint density at radius 3 is 3.00 bits per heavy atom. The molecule has 2 N–H and O–H groups in total. The number of carbonyl (C=O) groups is 2. The van der Waals surface area contributed by atoms with E-state index in [0.29, 0.717) is 13.0 Å². The normalized spacial score (nSPS) is 23.9. The molecule has 1 heterocycles. The Bertz CT molecular complexity index is 230. The maximum absolute atomic E-state index is 11.4. The standard InChI is InChI=1S/C9H16N2O3/c1-6(14-2)8(12)11-7-4-3-5-10-9(7)13/h6-7H,3-5H2,1-2H3,(H,10,13)(H,11,12). The van der Waals surface area contributed by atoms with E-state index < -0.39 is 12.1 Å². The largest absolute Gasteiger partial charge is 0.372 e. The van der Waals surface area contributed by atoms with E-state index >= 15 is 0 Å². The zero-order valence-corrected chi connectivity index (χ0v) is 8.50. The first kappa shape index (κ1) is 11.0. The highest BCUT2D eigenvalue weighted by molar-refractivity contribution is 5.89. The van der Waals surface area contributed by atoms with Gasteiger partial charge in [0, 0.05) is 13.7 Å². The summed E-state index contributed by atoms with van der Waals surface area (Å²) in [4.78, 5) is 22.6. The molecule has 2 atom stereocenters. The Labute approximate surface area is 83.2 Å². The van der Waals surface area contributed by atoms with Crippen LogP contribution < -0.4 is 10.6 Å². The number of hydrogen-bond donors (Lipinski definition) is 2. The van der Waals surface area contributed by atoms with Gasteiger partial charge in [-0.1, -0.05) is 0 Å². The van der Waals surface area contributed by atoms with Gasteiger partial charge in [0.2, 0.25) is 11.8 Å². The molecule has 0 radical (unpaired) electrons. The number of rotatable bonds is 3. The third-order valence-electron chi connectivity index (χ3n) is 2.32. The molecule has 5 heteroatoms. The molecular weight excluding hydrogens is 184 g/mol. The molecule has 80 valence electrons. The first-order valence-corrected chi connectivity index (χ1v) is 4.76. The molecule has 2 amide bonds. The van der Waals surface area contributed by atoms with Crippen LogP contribution in [0.1, 0.15) is 19.8 Å². The van der Waals surface area contributed by atoms with Crippen LogP contribution in [0.25, 0.3) is 0 Å². The van der Waals surface area contributed by atoms with E-state index in [-0.39, 0.29) is 11.8 Å². The van der Waals surface area contributed by atoms with Crippen molar-refractivity contribution in [3.05, 3.63) is 0 Å². The molecule has 1 saturated heterocycles. The summed E-state index contributed by atoms with van der Waals surface area (Å²) in [5, 5.41) is 5.34. The minimum absolute atomic E-state index is 0.104. The molecule has 1 aliphatic rings. The van der Waals surface area contributed by atoms with Crippen LogP contribution in [0, 0.1) is 0 Å². The summed E-state index contributed by atoms with van der Waals surface area (Å²) in [5.41, 5.74) is 0.